The number of nitrogens with zero attached hydrogens (tertiary/aromatic N) is 1. The van der Waals surface area contributed by atoms with Crippen molar-refractivity contribution in [2.24, 2.45) is 0 Å². The van der Waals surface area contributed by atoms with Crippen molar-refractivity contribution in [1.82, 2.24) is 0 Å². The molecule has 4 aromatic rings. The normalized spacial score (nSPS) is 16.0. The summed E-state index contributed by atoms with van der Waals surface area (Å²) in [5, 5.41) is 2.90. The summed E-state index contributed by atoms with van der Waals surface area (Å²) >= 11 is 6.16. The summed E-state index contributed by atoms with van der Waals surface area (Å²) in [5.41, 5.74) is 3.94. The van der Waals surface area contributed by atoms with Gasteiger partial charge in [0, 0.05) is 23.0 Å². The van der Waals surface area contributed by atoms with Crippen LogP contribution in [0.25, 0.3) is 10.8 Å². The maximum absolute atomic E-state index is 13.5. The standard InChI is InChI=1S/C26H19ClFNO/c27-20-6-3-4-17(14-20)16-29-24-13-10-18-5-1-2-7-22(18)26(24)23(15-25(29)30)19-8-11-21(28)12-9-19/h1-14,23H,15-16H2. The number of hydrogen-bond acceptors (Lipinski definition) is 1. The van der Waals surface area contributed by atoms with E-state index in [0.717, 1.165) is 33.2 Å². The Kier molecular flexibility index (Phi) is 4.76. The Morgan fingerprint density at radius 1 is 0.933 bits per heavy atom. The Bertz CT molecular complexity index is 1250. The zero-order valence-corrected chi connectivity index (χ0v) is 16.9. The van der Waals surface area contributed by atoms with Gasteiger partial charge in [-0.3, -0.25) is 4.79 Å². The zero-order valence-electron chi connectivity index (χ0n) is 16.2. The summed E-state index contributed by atoms with van der Waals surface area (Å²) < 4.78 is 13.5. The molecule has 0 aromatic heterocycles. The molecule has 0 N–H and O–H groups in total. The molecule has 0 aliphatic carbocycles. The van der Waals surface area contributed by atoms with Crippen molar-refractivity contribution in [2.45, 2.75) is 18.9 Å². The maximum atomic E-state index is 13.5. The van der Waals surface area contributed by atoms with Crippen molar-refractivity contribution < 1.29 is 9.18 Å². The Balaban J connectivity index is 1.68. The predicted octanol–water partition coefficient (Wildman–Crippen LogP) is 6.70. The molecule has 0 saturated heterocycles. The van der Waals surface area contributed by atoms with E-state index in [1.165, 1.54) is 12.1 Å². The first-order valence-electron chi connectivity index (χ1n) is 9.92. The van der Waals surface area contributed by atoms with E-state index >= 15 is 0 Å². The summed E-state index contributed by atoms with van der Waals surface area (Å²) in [6, 6.07) is 26.4. The average molecular weight is 416 g/mol. The molecule has 148 valence electrons. The molecule has 1 aliphatic heterocycles. The summed E-state index contributed by atoms with van der Waals surface area (Å²) in [7, 11) is 0. The second-order valence-corrected chi connectivity index (χ2v) is 8.07. The fourth-order valence-electron chi connectivity index (χ4n) is 4.38. The van der Waals surface area contributed by atoms with E-state index in [9.17, 15) is 9.18 Å². The maximum Gasteiger partial charge on any atom is 0.228 e. The molecule has 2 nitrogen and oxygen atoms in total. The van der Waals surface area contributed by atoms with Crippen LogP contribution < -0.4 is 4.90 Å². The molecule has 0 bridgehead atoms. The zero-order chi connectivity index (χ0) is 20.7. The number of hydrogen-bond donors (Lipinski definition) is 0. The van der Waals surface area contributed by atoms with Crippen LogP contribution in [0.2, 0.25) is 5.02 Å². The van der Waals surface area contributed by atoms with Gasteiger partial charge in [0.05, 0.1) is 6.54 Å². The monoisotopic (exact) mass is 415 g/mol. The quantitative estimate of drug-likeness (QED) is 0.364. The fraction of sp³-hybridized carbons (Fsp3) is 0.115. The van der Waals surface area contributed by atoms with Gasteiger partial charge >= 0.3 is 0 Å². The van der Waals surface area contributed by atoms with Crippen LogP contribution in [0.15, 0.2) is 84.9 Å². The largest absolute Gasteiger partial charge is 0.308 e. The molecule has 1 atom stereocenters. The molecule has 30 heavy (non-hydrogen) atoms. The van der Waals surface area contributed by atoms with Gasteiger partial charge in [0.2, 0.25) is 5.91 Å². The second-order valence-electron chi connectivity index (χ2n) is 7.64. The van der Waals surface area contributed by atoms with Crippen LogP contribution in [0.5, 0.6) is 0 Å². The average Bonchev–Trinajstić information content (AvgIpc) is 2.76. The number of halogens is 2. The lowest BCUT2D eigenvalue weighted by Crippen LogP contribution is -2.36. The summed E-state index contributed by atoms with van der Waals surface area (Å²) in [4.78, 5) is 15.1. The Morgan fingerprint density at radius 2 is 1.73 bits per heavy atom. The van der Waals surface area contributed by atoms with Crippen LogP contribution >= 0.6 is 11.6 Å². The van der Waals surface area contributed by atoms with Gasteiger partial charge in [-0.2, -0.15) is 0 Å². The van der Waals surface area contributed by atoms with Gasteiger partial charge in [-0.25, -0.2) is 4.39 Å². The molecule has 1 heterocycles. The predicted molar refractivity (Wildman–Crippen MR) is 119 cm³/mol. The highest BCUT2D eigenvalue weighted by Crippen LogP contribution is 2.44. The molecule has 4 heteroatoms. The van der Waals surface area contributed by atoms with Gasteiger partial charge < -0.3 is 4.90 Å². The van der Waals surface area contributed by atoms with Crippen LogP contribution in [0.4, 0.5) is 10.1 Å². The van der Waals surface area contributed by atoms with Gasteiger partial charge in [-0.05, 0) is 57.8 Å². The number of fused-ring (bicyclic) bond motifs is 3. The minimum atomic E-state index is -0.276. The molecule has 0 fully saturated rings. The number of carbonyl (C=O) groups excluding carboxylic acids is 1. The lowest BCUT2D eigenvalue weighted by atomic mass is 9.81. The van der Waals surface area contributed by atoms with Crippen LogP contribution in [-0.4, -0.2) is 5.91 Å². The van der Waals surface area contributed by atoms with Gasteiger partial charge in [-0.1, -0.05) is 66.2 Å². The summed E-state index contributed by atoms with van der Waals surface area (Å²) in [6.45, 7) is 0.459. The topological polar surface area (TPSA) is 20.3 Å². The highest BCUT2D eigenvalue weighted by Gasteiger charge is 2.33. The van der Waals surface area contributed by atoms with Gasteiger partial charge in [0.15, 0.2) is 0 Å². The van der Waals surface area contributed by atoms with E-state index in [0.29, 0.717) is 18.0 Å². The van der Waals surface area contributed by atoms with Gasteiger partial charge in [-0.15, -0.1) is 0 Å². The molecular formula is C26H19ClFNO. The highest BCUT2D eigenvalue weighted by molar-refractivity contribution is 6.30. The lowest BCUT2D eigenvalue weighted by Gasteiger charge is -2.35. The Hall–Kier alpha value is -3.17. The molecule has 0 radical (unpaired) electrons. The molecule has 1 unspecified atom stereocenters. The van der Waals surface area contributed by atoms with E-state index in [4.69, 9.17) is 11.6 Å². The third-order valence-electron chi connectivity index (χ3n) is 5.77. The van der Waals surface area contributed by atoms with Crippen LogP contribution in [0, 0.1) is 5.82 Å². The summed E-state index contributed by atoms with van der Waals surface area (Å²) in [6.07, 6.45) is 0.340. The minimum Gasteiger partial charge on any atom is -0.308 e. The third-order valence-corrected chi connectivity index (χ3v) is 6.00. The number of benzene rings is 4. The van der Waals surface area contributed by atoms with E-state index in [-0.39, 0.29) is 17.6 Å². The smallest absolute Gasteiger partial charge is 0.228 e. The van der Waals surface area contributed by atoms with Crippen LogP contribution in [-0.2, 0) is 11.3 Å². The molecule has 0 spiro atoms. The number of amides is 1. The molecule has 1 aliphatic rings. The minimum absolute atomic E-state index is 0.0482. The van der Waals surface area contributed by atoms with Crippen molar-refractivity contribution >= 4 is 34.0 Å². The van der Waals surface area contributed by atoms with Gasteiger partial charge in [0.25, 0.3) is 0 Å². The number of anilines is 1. The number of carbonyl (C=O) groups is 1. The SMILES string of the molecule is O=C1CC(c2ccc(F)cc2)c2c(ccc3ccccc23)N1Cc1cccc(Cl)c1. The lowest BCUT2D eigenvalue weighted by molar-refractivity contribution is -0.119. The van der Waals surface area contributed by atoms with Gasteiger partial charge in [0.1, 0.15) is 5.82 Å². The number of rotatable bonds is 3. The summed E-state index contributed by atoms with van der Waals surface area (Å²) in [5.74, 6) is -0.344. The Labute approximate surface area is 179 Å². The third kappa shape index (κ3) is 3.35. The van der Waals surface area contributed by atoms with E-state index in [1.54, 1.807) is 12.1 Å². The molecule has 5 rings (SSSR count). The second kappa shape index (κ2) is 7.58. The molecule has 0 saturated carbocycles. The Morgan fingerprint density at radius 3 is 2.53 bits per heavy atom. The van der Waals surface area contributed by atoms with E-state index < -0.39 is 0 Å². The highest BCUT2D eigenvalue weighted by atomic mass is 35.5. The first kappa shape index (κ1) is 18.8. The molecule has 4 aromatic carbocycles. The molecule has 1 amide bonds. The molecular weight excluding hydrogens is 397 g/mol. The van der Waals surface area contributed by atoms with Crippen molar-refractivity contribution in [3.8, 4) is 0 Å². The van der Waals surface area contributed by atoms with Crippen LogP contribution in [0.3, 0.4) is 0 Å². The van der Waals surface area contributed by atoms with Crippen LogP contribution in [0.1, 0.15) is 29.0 Å². The van der Waals surface area contributed by atoms with E-state index in [1.807, 2.05) is 47.4 Å². The first-order chi connectivity index (χ1) is 14.6. The van der Waals surface area contributed by atoms with E-state index in [2.05, 4.69) is 18.2 Å². The fourth-order valence-corrected chi connectivity index (χ4v) is 4.59. The van der Waals surface area contributed by atoms with Crippen molar-refractivity contribution in [3.05, 3.63) is 112 Å². The first-order valence-corrected chi connectivity index (χ1v) is 10.3. The van der Waals surface area contributed by atoms with Crippen molar-refractivity contribution in [1.29, 1.82) is 0 Å². The van der Waals surface area contributed by atoms with Crippen molar-refractivity contribution in [3.63, 3.8) is 0 Å². The van der Waals surface area contributed by atoms with Crippen molar-refractivity contribution in [2.75, 3.05) is 4.90 Å².